The van der Waals surface area contributed by atoms with Crippen LogP contribution in [-0.2, 0) is 6.54 Å². The van der Waals surface area contributed by atoms with Crippen LogP contribution in [0.1, 0.15) is 18.4 Å². The van der Waals surface area contributed by atoms with Gasteiger partial charge in [0.2, 0.25) is 6.79 Å². The van der Waals surface area contributed by atoms with Crippen LogP contribution < -0.4 is 15.2 Å². The number of aliphatic hydroxyl groups is 1. The quantitative estimate of drug-likeness (QED) is 0.841. The molecule has 5 heteroatoms. The Kier molecular flexibility index (Phi) is 3.35. The van der Waals surface area contributed by atoms with Gasteiger partial charge in [-0.05, 0) is 25.5 Å². The number of hydrogen-bond donors (Lipinski definition) is 2. The highest BCUT2D eigenvalue weighted by Crippen LogP contribution is 2.36. The molecule has 2 heterocycles. The first kappa shape index (κ1) is 12.7. The number of ether oxygens (including phenoxy) is 2. The summed E-state index contributed by atoms with van der Waals surface area (Å²) in [5, 5.41) is 9.39. The molecule has 1 aromatic carbocycles. The largest absolute Gasteiger partial charge is 0.454 e. The van der Waals surface area contributed by atoms with E-state index in [0.29, 0.717) is 13.3 Å². The summed E-state index contributed by atoms with van der Waals surface area (Å²) in [5.41, 5.74) is 6.83. The summed E-state index contributed by atoms with van der Waals surface area (Å²) in [7, 11) is 0. The standard InChI is InChI=1S/C14H20N2O3/c15-14(9-17)5-2-6-16(8-14)7-11-3-1-4-12-13(11)19-10-18-12/h1,3-4,17H,2,5-10,15H2. The number of benzene rings is 1. The highest BCUT2D eigenvalue weighted by atomic mass is 16.7. The van der Waals surface area contributed by atoms with E-state index in [-0.39, 0.29) is 6.61 Å². The number of likely N-dealkylation sites (tertiary alicyclic amines) is 1. The van der Waals surface area contributed by atoms with Gasteiger partial charge in [0.05, 0.1) is 12.1 Å². The maximum Gasteiger partial charge on any atom is 0.231 e. The molecule has 19 heavy (non-hydrogen) atoms. The minimum absolute atomic E-state index is 0.0377. The number of piperidine rings is 1. The van der Waals surface area contributed by atoms with Crippen molar-refractivity contribution >= 4 is 0 Å². The van der Waals surface area contributed by atoms with Gasteiger partial charge in [0, 0.05) is 18.7 Å². The Balaban J connectivity index is 1.73. The molecule has 1 unspecified atom stereocenters. The van der Waals surface area contributed by atoms with Gasteiger partial charge in [-0.1, -0.05) is 12.1 Å². The fourth-order valence-corrected chi connectivity index (χ4v) is 2.88. The van der Waals surface area contributed by atoms with E-state index in [4.69, 9.17) is 15.2 Å². The van der Waals surface area contributed by atoms with Gasteiger partial charge in [0.15, 0.2) is 11.5 Å². The van der Waals surface area contributed by atoms with Crippen molar-refractivity contribution in [1.29, 1.82) is 0 Å². The Labute approximate surface area is 112 Å². The molecule has 1 saturated heterocycles. The van der Waals surface area contributed by atoms with Crippen LogP contribution >= 0.6 is 0 Å². The summed E-state index contributed by atoms with van der Waals surface area (Å²) in [6.07, 6.45) is 1.90. The maximum absolute atomic E-state index is 9.39. The van der Waals surface area contributed by atoms with Crippen LogP contribution in [0.15, 0.2) is 18.2 Å². The molecule has 0 saturated carbocycles. The molecule has 1 aromatic rings. The Bertz CT molecular complexity index is 466. The summed E-state index contributed by atoms with van der Waals surface area (Å²) in [6.45, 7) is 2.84. The van der Waals surface area contributed by atoms with E-state index in [1.807, 2.05) is 12.1 Å². The average Bonchev–Trinajstić information content (AvgIpc) is 2.88. The molecule has 0 amide bonds. The molecule has 1 fully saturated rings. The second-order valence-corrected chi connectivity index (χ2v) is 5.49. The van der Waals surface area contributed by atoms with Gasteiger partial charge >= 0.3 is 0 Å². The SMILES string of the molecule is NC1(CO)CCCN(Cc2cccc3c2OCO3)C1. The molecule has 0 aromatic heterocycles. The van der Waals surface area contributed by atoms with Gasteiger partial charge in [0.25, 0.3) is 0 Å². The molecule has 1 atom stereocenters. The van der Waals surface area contributed by atoms with Gasteiger partial charge in [-0.2, -0.15) is 0 Å². The van der Waals surface area contributed by atoms with Crippen LogP contribution in [0.3, 0.4) is 0 Å². The summed E-state index contributed by atoms with van der Waals surface area (Å²) in [5.74, 6) is 1.66. The van der Waals surface area contributed by atoms with Crippen molar-refractivity contribution in [2.45, 2.75) is 24.9 Å². The molecule has 104 valence electrons. The Morgan fingerprint density at radius 1 is 1.37 bits per heavy atom. The molecule has 0 spiro atoms. The molecule has 2 aliphatic heterocycles. The lowest BCUT2D eigenvalue weighted by Gasteiger charge is -2.39. The second kappa shape index (κ2) is 5.00. The lowest BCUT2D eigenvalue weighted by molar-refractivity contribution is 0.0894. The summed E-state index contributed by atoms with van der Waals surface area (Å²) in [4.78, 5) is 2.27. The third kappa shape index (κ3) is 2.54. The first-order valence-electron chi connectivity index (χ1n) is 6.70. The van der Waals surface area contributed by atoms with E-state index in [2.05, 4.69) is 11.0 Å². The smallest absolute Gasteiger partial charge is 0.231 e. The van der Waals surface area contributed by atoms with E-state index in [1.54, 1.807) is 0 Å². The van der Waals surface area contributed by atoms with Crippen molar-refractivity contribution in [3.8, 4) is 11.5 Å². The lowest BCUT2D eigenvalue weighted by Crippen LogP contribution is -2.56. The van der Waals surface area contributed by atoms with Gasteiger partial charge < -0.3 is 20.3 Å². The molecule has 2 aliphatic rings. The Morgan fingerprint density at radius 3 is 3.11 bits per heavy atom. The molecular formula is C14H20N2O3. The number of nitrogens with two attached hydrogens (primary N) is 1. The van der Waals surface area contributed by atoms with E-state index in [0.717, 1.165) is 43.0 Å². The predicted octanol–water partition coefficient (Wildman–Crippen LogP) is 0.701. The van der Waals surface area contributed by atoms with Crippen molar-refractivity contribution in [3.05, 3.63) is 23.8 Å². The molecule has 5 nitrogen and oxygen atoms in total. The van der Waals surface area contributed by atoms with Gasteiger partial charge in [-0.15, -0.1) is 0 Å². The summed E-state index contributed by atoms with van der Waals surface area (Å²) in [6, 6.07) is 5.96. The minimum atomic E-state index is -0.465. The van der Waals surface area contributed by atoms with Gasteiger partial charge in [0.1, 0.15) is 0 Å². The number of para-hydroxylation sites is 1. The molecule has 0 aliphatic carbocycles. The van der Waals surface area contributed by atoms with Gasteiger partial charge in [-0.3, -0.25) is 4.90 Å². The highest BCUT2D eigenvalue weighted by molar-refractivity contribution is 5.48. The van der Waals surface area contributed by atoms with Crippen molar-refractivity contribution < 1.29 is 14.6 Å². The van der Waals surface area contributed by atoms with Crippen molar-refractivity contribution in [2.24, 2.45) is 5.73 Å². The third-order valence-corrected chi connectivity index (χ3v) is 3.87. The number of hydrogen-bond acceptors (Lipinski definition) is 5. The monoisotopic (exact) mass is 264 g/mol. The van der Waals surface area contributed by atoms with E-state index in [9.17, 15) is 5.11 Å². The van der Waals surface area contributed by atoms with Crippen molar-refractivity contribution in [1.82, 2.24) is 4.90 Å². The van der Waals surface area contributed by atoms with Crippen molar-refractivity contribution in [2.75, 3.05) is 26.5 Å². The van der Waals surface area contributed by atoms with Crippen LogP contribution in [0.4, 0.5) is 0 Å². The van der Waals surface area contributed by atoms with E-state index >= 15 is 0 Å². The third-order valence-electron chi connectivity index (χ3n) is 3.87. The Morgan fingerprint density at radius 2 is 2.26 bits per heavy atom. The fraction of sp³-hybridized carbons (Fsp3) is 0.571. The van der Waals surface area contributed by atoms with E-state index < -0.39 is 5.54 Å². The summed E-state index contributed by atoms with van der Waals surface area (Å²) < 4.78 is 10.9. The zero-order chi connectivity index (χ0) is 13.3. The number of fused-ring (bicyclic) bond motifs is 1. The predicted molar refractivity (Wildman–Crippen MR) is 71.1 cm³/mol. The first-order valence-corrected chi connectivity index (χ1v) is 6.70. The second-order valence-electron chi connectivity index (χ2n) is 5.49. The van der Waals surface area contributed by atoms with Gasteiger partial charge in [-0.25, -0.2) is 0 Å². The topological polar surface area (TPSA) is 68.0 Å². The zero-order valence-electron chi connectivity index (χ0n) is 11.0. The summed E-state index contributed by atoms with van der Waals surface area (Å²) >= 11 is 0. The van der Waals surface area contributed by atoms with Crippen LogP contribution in [0.5, 0.6) is 11.5 Å². The minimum Gasteiger partial charge on any atom is -0.454 e. The first-order chi connectivity index (χ1) is 9.20. The number of nitrogens with zero attached hydrogens (tertiary/aromatic N) is 1. The normalized spacial score (nSPS) is 26.6. The van der Waals surface area contributed by atoms with Crippen LogP contribution in [-0.4, -0.2) is 42.0 Å². The van der Waals surface area contributed by atoms with E-state index in [1.165, 1.54) is 0 Å². The van der Waals surface area contributed by atoms with Crippen LogP contribution in [0, 0.1) is 0 Å². The fourth-order valence-electron chi connectivity index (χ4n) is 2.88. The van der Waals surface area contributed by atoms with Crippen molar-refractivity contribution in [3.63, 3.8) is 0 Å². The Hall–Kier alpha value is -1.30. The zero-order valence-corrected chi connectivity index (χ0v) is 11.0. The molecule has 3 N–H and O–H groups in total. The van der Waals surface area contributed by atoms with Crippen LogP contribution in [0.2, 0.25) is 0 Å². The lowest BCUT2D eigenvalue weighted by atomic mass is 9.91. The molecule has 3 rings (SSSR count). The molecule has 0 radical (unpaired) electrons. The van der Waals surface area contributed by atoms with Crippen LogP contribution in [0.25, 0.3) is 0 Å². The molecule has 0 bridgehead atoms. The average molecular weight is 264 g/mol. The highest BCUT2D eigenvalue weighted by Gasteiger charge is 2.31. The number of rotatable bonds is 3. The maximum atomic E-state index is 9.39. The molecular weight excluding hydrogens is 244 g/mol. The number of aliphatic hydroxyl groups excluding tert-OH is 1.